The third-order valence-corrected chi connectivity index (χ3v) is 12.3. The Morgan fingerprint density at radius 1 is 0.422 bits per heavy atom. The van der Waals surface area contributed by atoms with Crippen molar-refractivity contribution < 1.29 is 19.0 Å². The predicted molar refractivity (Wildman–Crippen MR) is 263 cm³/mol. The van der Waals surface area contributed by atoms with Crippen molar-refractivity contribution in [3.05, 3.63) is 148 Å². The van der Waals surface area contributed by atoms with Crippen LogP contribution in [-0.2, 0) is 21.7 Å². The van der Waals surface area contributed by atoms with E-state index in [4.69, 9.17) is 88.7 Å². The van der Waals surface area contributed by atoms with Crippen molar-refractivity contribution in [3.8, 4) is 23.0 Å². The zero-order valence-electron chi connectivity index (χ0n) is 37.9. The maximum atomic E-state index is 11.6. The summed E-state index contributed by atoms with van der Waals surface area (Å²) in [7, 11) is 0. The van der Waals surface area contributed by atoms with Gasteiger partial charge in [0.25, 0.3) is 0 Å². The van der Waals surface area contributed by atoms with Crippen LogP contribution in [0.1, 0.15) is 140 Å². The molecule has 0 saturated carbocycles. The highest BCUT2D eigenvalue weighted by molar-refractivity contribution is 6.42. The Kier molecular flexibility index (Phi) is 14.2. The molecule has 0 spiro atoms. The number of nitrogens with zero attached hydrogens (tertiary/aromatic N) is 4. The second-order valence-corrected chi connectivity index (χ2v) is 22.5. The molecule has 14 heteroatoms. The van der Waals surface area contributed by atoms with Crippen LogP contribution in [0.3, 0.4) is 0 Å². The quantitative estimate of drug-likeness (QED) is 0.140. The van der Waals surface area contributed by atoms with Crippen LogP contribution in [0.4, 0.5) is 11.4 Å². The van der Waals surface area contributed by atoms with Gasteiger partial charge in [0.15, 0.2) is 23.6 Å². The fourth-order valence-corrected chi connectivity index (χ4v) is 9.03. The van der Waals surface area contributed by atoms with Crippen molar-refractivity contribution in [1.29, 1.82) is 0 Å². The lowest BCUT2D eigenvalue weighted by atomic mass is 9.77. The highest BCUT2D eigenvalue weighted by Gasteiger charge is 2.32. The first-order valence-corrected chi connectivity index (χ1v) is 22.9. The highest BCUT2D eigenvalue weighted by atomic mass is 35.5. The van der Waals surface area contributed by atoms with Gasteiger partial charge in [-0.1, -0.05) is 153 Å². The van der Waals surface area contributed by atoms with Crippen LogP contribution in [0.5, 0.6) is 11.5 Å². The van der Waals surface area contributed by atoms with Crippen LogP contribution < -0.4 is 0 Å². The summed E-state index contributed by atoms with van der Waals surface area (Å²) in [5.41, 5.74) is 3.14. The van der Waals surface area contributed by atoms with Crippen LogP contribution in [0.2, 0.25) is 30.1 Å². The molecule has 4 aromatic carbocycles. The maximum absolute atomic E-state index is 11.6. The van der Waals surface area contributed by atoms with Crippen molar-refractivity contribution in [2.24, 2.45) is 20.5 Å². The van der Waals surface area contributed by atoms with Crippen LogP contribution in [0.25, 0.3) is 11.5 Å². The molecule has 0 aliphatic carbocycles. The number of phenolic OH excluding ortho intramolecular Hbond substituents is 2. The average Bonchev–Trinajstić information content (AvgIpc) is 3.83. The molecule has 2 unspecified atom stereocenters. The molecule has 8 nitrogen and oxygen atoms in total. The summed E-state index contributed by atoms with van der Waals surface area (Å²) in [4.78, 5) is 0. The first-order valence-electron chi connectivity index (χ1n) is 20.6. The molecule has 2 N–H and O–H groups in total. The van der Waals surface area contributed by atoms with Crippen molar-refractivity contribution in [2.75, 3.05) is 0 Å². The molecular weight excluding hydrogens is 933 g/mol. The lowest BCUT2D eigenvalue weighted by molar-refractivity contribution is 0.419. The van der Waals surface area contributed by atoms with Crippen LogP contribution >= 0.6 is 69.6 Å². The van der Waals surface area contributed by atoms with E-state index in [0.717, 1.165) is 33.4 Å². The largest absolute Gasteiger partial charge is 0.507 e. The summed E-state index contributed by atoms with van der Waals surface area (Å²) in [5, 5.41) is 43.6. The Hall–Kier alpha value is -4.02. The molecule has 2 aromatic heterocycles. The fourth-order valence-electron chi connectivity index (χ4n) is 7.25. The maximum Gasteiger partial charge on any atom is 0.169 e. The number of azo groups is 2. The van der Waals surface area contributed by atoms with Crippen molar-refractivity contribution in [3.63, 3.8) is 0 Å². The van der Waals surface area contributed by atoms with E-state index in [2.05, 4.69) is 10.2 Å². The summed E-state index contributed by atoms with van der Waals surface area (Å²) in [6.07, 6.45) is 0. The van der Waals surface area contributed by atoms with Gasteiger partial charge in [-0.25, -0.2) is 0 Å². The number of rotatable bonds is 9. The minimum absolute atomic E-state index is 0.219. The van der Waals surface area contributed by atoms with E-state index in [0.29, 0.717) is 33.1 Å². The van der Waals surface area contributed by atoms with Crippen LogP contribution in [0.15, 0.2) is 102 Å². The lowest BCUT2D eigenvalue weighted by Gasteiger charge is -2.29. The molecule has 0 amide bonds. The Labute approximate surface area is 405 Å². The average molecular weight is 986 g/mol. The van der Waals surface area contributed by atoms with E-state index in [1.54, 1.807) is 48.5 Å². The third-order valence-electron chi connectivity index (χ3n) is 10.7. The minimum Gasteiger partial charge on any atom is -0.507 e. The molecule has 0 radical (unpaired) electrons. The van der Waals surface area contributed by atoms with Gasteiger partial charge in [0, 0.05) is 10.0 Å². The van der Waals surface area contributed by atoms with Gasteiger partial charge in [-0.2, -0.15) is 20.5 Å². The Bertz CT molecular complexity index is 2470. The minimum atomic E-state index is -0.826. The SMILES string of the molecule is CC(C)(C)c1cc(C(N=Nc2c(Cl)cc(Cl)cc2Cl)c2ccc(-c3ccc(C(N=Nc4c(Cl)cc(Cl)cc4Cl)c4cc(C(C)(C)C)c(O)c(C(C)(C)C)c4)o3)o2)cc(C(C)(C)C)c1O. The second kappa shape index (κ2) is 18.3. The van der Waals surface area contributed by atoms with E-state index >= 15 is 0 Å². The predicted octanol–water partition coefficient (Wildman–Crippen LogP) is 18.8. The number of aromatic hydroxyl groups is 2. The van der Waals surface area contributed by atoms with Crippen LogP contribution in [-0.4, -0.2) is 10.2 Å². The summed E-state index contributed by atoms with van der Waals surface area (Å²) in [6, 6.07) is 19.4. The van der Waals surface area contributed by atoms with Crippen LogP contribution in [0, 0.1) is 0 Å². The molecule has 0 fully saturated rings. The Morgan fingerprint density at radius 3 is 0.938 bits per heavy atom. The molecule has 0 bridgehead atoms. The Balaban J connectivity index is 1.52. The first kappa shape index (κ1) is 49.4. The van der Waals surface area contributed by atoms with E-state index < -0.39 is 33.7 Å². The third kappa shape index (κ3) is 10.8. The van der Waals surface area contributed by atoms with Crippen molar-refractivity contribution in [1.82, 2.24) is 0 Å². The van der Waals surface area contributed by atoms with Gasteiger partial charge in [-0.05, 0) is 128 Å². The molecular formula is C50H52Cl6N4O4. The van der Waals surface area contributed by atoms with Crippen molar-refractivity contribution in [2.45, 2.75) is 117 Å². The van der Waals surface area contributed by atoms with Gasteiger partial charge < -0.3 is 19.0 Å². The highest BCUT2D eigenvalue weighted by Crippen LogP contribution is 2.47. The molecule has 0 aliphatic rings. The number of phenols is 2. The monoisotopic (exact) mass is 982 g/mol. The smallest absolute Gasteiger partial charge is 0.169 e. The molecule has 2 atom stereocenters. The zero-order valence-corrected chi connectivity index (χ0v) is 42.4. The summed E-state index contributed by atoms with van der Waals surface area (Å²) >= 11 is 38.7. The van der Waals surface area contributed by atoms with Gasteiger partial charge in [0.2, 0.25) is 0 Å². The standard InChI is InChI=1S/C50H52Cl6N4O4/c1-47(2,3)29-17-25(18-30(45(29)61)48(4,5)6)41(57-59-43-33(53)21-27(51)22-34(43)54)39-15-13-37(63-39)38-14-16-40(64-38)42(58-60-44-35(55)23-28(52)24-36(44)56)26-19-31(49(7,8)9)46(62)32(20-26)50(10,11)12/h13-24,41-42,61-62H,1-12H3. The summed E-state index contributed by atoms with van der Waals surface area (Å²) in [5.74, 6) is 2.08. The number of hydrogen-bond acceptors (Lipinski definition) is 8. The summed E-state index contributed by atoms with van der Waals surface area (Å²) in [6.45, 7) is 24.5. The topological polar surface area (TPSA) is 116 Å². The lowest BCUT2D eigenvalue weighted by Crippen LogP contribution is -2.18. The Morgan fingerprint density at radius 2 is 0.688 bits per heavy atom. The molecule has 64 heavy (non-hydrogen) atoms. The summed E-state index contributed by atoms with van der Waals surface area (Å²) < 4.78 is 13.2. The van der Waals surface area contributed by atoms with Crippen molar-refractivity contribution >= 4 is 81.0 Å². The first-order chi connectivity index (χ1) is 29.5. The van der Waals surface area contributed by atoms with Gasteiger partial charge in [0.05, 0.1) is 20.1 Å². The number of hydrogen-bond donors (Lipinski definition) is 2. The number of halogens is 6. The normalized spacial score (nSPS) is 14.0. The molecule has 338 valence electrons. The van der Waals surface area contributed by atoms with Gasteiger partial charge >= 0.3 is 0 Å². The second-order valence-electron chi connectivity index (χ2n) is 20.0. The fraction of sp³-hybridized carbons (Fsp3) is 0.360. The number of benzene rings is 4. The van der Waals surface area contributed by atoms with E-state index in [1.807, 2.05) is 107 Å². The van der Waals surface area contributed by atoms with E-state index in [1.165, 1.54) is 0 Å². The van der Waals surface area contributed by atoms with E-state index in [-0.39, 0.29) is 43.0 Å². The molecule has 0 aliphatic heterocycles. The molecule has 2 heterocycles. The zero-order chi connectivity index (χ0) is 47.4. The number of furan rings is 2. The molecule has 6 aromatic rings. The van der Waals surface area contributed by atoms with Gasteiger partial charge in [-0.15, -0.1) is 0 Å². The van der Waals surface area contributed by atoms with E-state index in [9.17, 15) is 10.2 Å². The molecule has 6 rings (SSSR count). The van der Waals surface area contributed by atoms with Gasteiger partial charge in [-0.3, -0.25) is 0 Å². The van der Waals surface area contributed by atoms with Gasteiger partial charge in [0.1, 0.15) is 34.4 Å². The molecule has 0 saturated heterocycles.